The van der Waals surface area contributed by atoms with Crippen molar-refractivity contribution in [3.8, 4) is 5.75 Å². The number of carbonyl (C=O) groups is 2. The Hall–Kier alpha value is -2.89. The summed E-state index contributed by atoms with van der Waals surface area (Å²) >= 11 is 0. The number of pyridine rings is 1. The molecule has 2 aromatic rings. The van der Waals surface area contributed by atoms with E-state index in [0.717, 1.165) is 11.3 Å². The fourth-order valence-electron chi connectivity index (χ4n) is 2.06. The van der Waals surface area contributed by atoms with E-state index >= 15 is 0 Å². The molecule has 0 aliphatic carbocycles. The standard InChI is InChI=1S/C18H20N2O4/c21-17(20-11-3-5-18(22)23)12-14-6-8-16(9-7-14)24-13-15-4-1-2-10-19-15/h1-2,4,6-10H,3,5,11-13H2,(H,20,21)(H,22,23). The largest absolute Gasteiger partial charge is 0.487 e. The van der Waals surface area contributed by atoms with Crippen molar-refractivity contribution in [3.05, 3.63) is 59.9 Å². The van der Waals surface area contributed by atoms with E-state index in [-0.39, 0.29) is 18.7 Å². The molecule has 24 heavy (non-hydrogen) atoms. The lowest BCUT2D eigenvalue weighted by molar-refractivity contribution is -0.137. The average molecular weight is 328 g/mol. The van der Waals surface area contributed by atoms with Crippen molar-refractivity contribution in [2.45, 2.75) is 25.9 Å². The SMILES string of the molecule is O=C(O)CCCNC(=O)Cc1ccc(OCc2ccccn2)cc1. The Morgan fingerprint density at radius 2 is 1.92 bits per heavy atom. The summed E-state index contributed by atoms with van der Waals surface area (Å²) in [6, 6.07) is 13.0. The van der Waals surface area contributed by atoms with Crippen LogP contribution in [0.3, 0.4) is 0 Å². The number of hydrogen-bond donors (Lipinski definition) is 2. The number of nitrogens with zero attached hydrogens (tertiary/aromatic N) is 1. The van der Waals surface area contributed by atoms with Crippen LogP contribution in [0.15, 0.2) is 48.7 Å². The van der Waals surface area contributed by atoms with Gasteiger partial charge in [0.1, 0.15) is 12.4 Å². The van der Waals surface area contributed by atoms with E-state index in [1.807, 2.05) is 42.5 Å². The van der Waals surface area contributed by atoms with Crippen LogP contribution in [0.5, 0.6) is 5.75 Å². The van der Waals surface area contributed by atoms with Crippen LogP contribution >= 0.6 is 0 Å². The Bertz CT molecular complexity index is 656. The normalized spacial score (nSPS) is 10.2. The molecule has 6 nitrogen and oxygen atoms in total. The summed E-state index contributed by atoms with van der Waals surface area (Å²) in [5, 5.41) is 11.2. The Balaban J connectivity index is 1.73. The molecule has 1 amide bonds. The molecule has 1 aromatic heterocycles. The van der Waals surface area contributed by atoms with Crippen LogP contribution in [0, 0.1) is 0 Å². The van der Waals surface area contributed by atoms with E-state index in [9.17, 15) is 9.59 Å². The molecule has 0 bridgehead atoms. The minimum atomic E-state index is -0.856. The highest BCUT2D eigenvalue weighted by atomic mass is 16.5. The molecule has 2 rings (SSSR count). The molecule has 0 saturated heterocycles. The highest BCUT2D eigenvalue weighted by Gasteiger charge is 2.04. The van der Waals surface area contributed by atoms with Crippen molar-refractivity contribution < 1.29 is 19.4 Å². The number of carbonyl (C=O) groups excluding carboxylic acids is 1. The first-order valence-electron chi connectivity index (χ1n) is 7.73. The summed E-state index contributed by atoms with van der Waals surface area (Å²) in [5.74, 6) is -0.264. The molecule has 1 aromatic carbocycles. The third kappa shape index (κ3) is 6.48. The van der Waals surface area contributed by atoms with Gasteiger partial charge in [0.15, 0.2) is 0 Å². The Kier molecular flexibility index (Phi) is 6.76. The summed E-state index contributed by atoms with van der Waals surface area (Å²) in [7, 11) is 0. The van der Waals surface area contributed by atoms with Gasteiger partial charge in [-0.15, -0.1) is 0 Å². The maximum absolute atomic E-state index is 11.8. The third-order valence-corrected chi connectivity index (χ3v) is 3.29. The molecule has 2 N–H and O–H groups in total. The van der Waals surface area contributed by atoms with Crippen molar-refractivity contribution >= 4 is 11.9 Å². The fraction of sp³-hybridized carbons (Fsp3) is 0.278. The van der Waals surface area contributed by atoms with Crippen molar-refractivity contribution in [1.29, 1.82) is 0 Å². The van der Waals surface area contributed by atoms with Gasteiger partial charge in [-0.3, -0.25) is 14.6 Å². The van der Waals surface area contributed by atoms with E-state index in [4.69, 9.17) is 9.84 Å². The Labute approximate surface area is 140 Å². The van der Waals surface area contributed by atoms with Crippen LogP contribution < -0.4 is 10.1 Å². The zero-order chi connectivity index (χ0) is 17.2. The third-order valence-electron chi connectivity index (χ3n) is 3.29. The van der Waals surface area contributed by atoms with E-state index in [1.54, 1.807) is 6.20 Å². The first-order chi connectivity index (χ1) is 11.6. The number of carboxylic acid groups (broad SMARTS) is 1. The molecule has 0 aliphatic heterocycles. The van der Waals surface area contributed by atoms with Crippen molar-refractivity contribution in [3.63, 3.8) is 0 Å². The van der Waals surface area contributed by atoms with Crippen molar-refractivity contribution in [2.24, 2.45) is 0 Å². The smallest absolute Gasteiger partial charge is 0.303 e. The lowest BCUT2D eigenvalue weighted by atomic mass is 10.1. The molecular formula is C18H20N2O4. The monoisotopic (exact) mass is 328 g/mol. The van der Waals surface area contributed by atoms with Crippen molar-refractivity contribution in [2.75, 3.05) is 6.54 Å². The zero-order valence-corrected chi connectivity index (χ0v) is 13.3. The van der Waals surface area contributed by atoms with Gasteiger partial charge >= 0.3 is 5.97 Å². The molecule has 0 fully saturated rings. The van der Waals surface area contributed by atoms with Gasteiger partial charge in [-0.2, -0.15) is 0 Å². The first kappa shape index (κ1) is 17.5. The topological polar surface area (TPSA) is 88.5 Å². The molecular weight excluding hydrogens is 308 g/mol. The highest BCUT2D eigenvalue weighted by molar-refractivity contribution is 5.78. The van der Waals surface area contributed by atoms with Gasteiger partial charge in [0.25, 0.3) is 0 Å². The lowest BCUT2D eigenvalue weighted by Gasteiger charge is -2.07. The lowest BCUT2D eigenvalue weighted by Crippen LogP contribution is -2.26. The Morgan fingerprint density at radius 1 is 1.12 bits per heavy atom. The summed E-state index contributed by atoms with van der Waals surface area (Å²) in [4.78, 5) is 26.3. The van der Waals surface area contributed by atoms with Gasteiger partial charge in [-0.25, -0.2) is 0 Å². The van der Waals surface area contributed by atoms with Crippen LogP contribution in [-0.2, 0) is 22.6 Å². The second-order valence-corrected chi connectivity index (χ2v) is 5.28. The number of aliphatic carboxylic acids is 1. The first-order valence-corrected chi connectivity index (χ1v) is 7.73. The Morgan fingerprint density at radius 3 is 2.58 bits per heavy atom. The number of nitrogens with one attached hydrogen (secondary N) is 1. The van der Waals surface area contributed by atoms with Crippen LogP contribution in [0.1, 0.15) is 24.1 Å². The summed E-state index contributed by atoms with van der Waals surface area (Å²) in [5.41, 5.74) is 1.72. The van der Waals surface area contributed by atoms with Crippen LogP contribution in [0.25, 0.3) is 0 Å². The number of ether oxygens (including phenoxy) is 1. The molecule has 0 unspecified atom stereocenters. The van der Waals surface area contributed by atoms with Gasteiger partial charge < -0.3 is 15.2 Å². The number of hydrogen-bond acceptors (Lipinski definition) is 4. The maximum atomic E-state index is 11.8. The van der Waals surface area contributed by atoms with E-state index in [0.29, 0.717) is 25.3 Å². The average Bonchev–Trinajstić information content (AvgIpc) is 2.59. The van der Waals surface area contributed by atoms with Gasteiger partial charge in [0, 0.05) is 19.2 Å². The maximum Gasteiger partial charge on any atom is 0.303 e. The van der Waals surface area contributed by atoms with E-state index < -0.39 is 5.97 Å². The second-order valence-electron chi connectivity index (χ2n) is 5.28. The summed E-state index contributed by atoms with van der Waals surface area (Å²) in [6.45, 7) is 0.765. The number of benzene rings is 1. The van der Waals surface area contributed by atoms with Gasteiger partial charge in [0.2, 0.25) is 5.91 Å². The molecule has 0 spiro atoms. The van der Waals surface area contributed by atoms with Crippen molar-refractivity contribution in [1.82, 2.24) is 10.3 Å². The minimum absolute atomic E-state index is 0.0581. The summed E-state index contributed by atoms with van der Waals surface area (Å²) < 4.78 is 5.64. The molecule has 0 radical (unpaired) electrons. The quantitative estimate of drug-likeness (QED) is 0.689. The number of rotatable bonds is 9. The molecule has 126 valence electrons. The van der Waals surface area contributed by atoms with Crippen LogP contribution in [-0.4, -0.2) is 28.5 Å². The second kappa shape index (κ2) is 9.29. The fourth-order valence-corrected chi connectivity index (χ4v) is 2.06. The predicted molar refractivity (Wildman–Crippen MR) is 88.6 cm³/mol. The van der Waals surface area contributed by atoms with Crippen LogP contribution in [0.4, 0.5) is 0 Å². The van der Waals surface area contributed by atoms with Gasteiger partial charge in [0.05, 0.1) is 12.1 Å². The number of amides is 1. The molecule has 1 heterocycles. The molecule has 0 aliphatic rings. The highest BCUT2D eigenvalue weighted by Crippen LogP contribution is 2.14. The minimum Gasteiger partial charge on any atom is -0.487 e. The van der Waals surface area contributed by atoms with Gasteiger partial charge in [-0.05, 0) is 36.2 Å². The predicted octanol–water partition coefficient (Wildman–Crippen LogP) is 2.18. The number of aromatic nitrogens is 1. The van der Waals surface area contributed by atoms with Gasteiger partial charge in [-0.1, -0.05) is 18.2 Å². The molecule has 0 saturated carbocycles. The molecule has 6 heteroatoms. The zero-order valence-electron chi connectivity index (χ0n) is 13.3. The summed E-state index contributed by atoms with van der Waals surface area (Å²) in [6.07, 6.45) is 2.47. The molecule has 0 atom stereocenters. The van der Waals surface area contributed by atoms with E-state index in [2.05, 4.69) is 10.3 Å². The number of carboxylic acids is 1. The van der Waals surface area contributed by atoms with E-state index in [1.165, 1.54) is 0 Å². The van der Waals surface area contributed by atoms with Crippen LogP contribution in [0.2, 0.25) is 0 Å².